The highest BCUT2D eigenvalue weighted by atomic mass is 32.1. The van der Waals surface area contributed by atoms with Crippen molar-refractivity contribution in [3.63, 3.8) is 0 Å². The van der Waals surface area contributed by atoms with E-state index in [2.05, 4.69) is 4.98 Å². The molecule has 1 aliphatic rings. The van der Waals surface area contributed by atoms with Crippen LogP contribution in [0.5, 0.6) is 0 Å². The largest absolute Gasteiger partial charge is 0.342 e. The molecule has 1 aromatic carbocycles. The lowest BCUT2D eigenvalue weighted by Gasteiger charge is -2.12. The van der Waals surface area contributed by atoms with E-state index < -0.39 is 0 Å². The van der Waals surface area contributed by atoms with Crippen LogP contribution in [0.2, 0.25) is 0 Å². The molecule has 3 rings (SSSR count). The van der Waals surface area contributed by atoms with Gasteiger partial charge in [-0.25, -0.2) is 9.37 Å². The fraction of sp³-hybridized carbons (Fsp3) is 0.333. The first-order valence-corrected chi connectivity index (χ1v) is 7.48. The fourth-order valence-electron chi connectivity index (χ4n) is 2.48. The molecule has 0 aliphatic carbocycles. The first-order valence-electron chi connectivity index (χ1n) is 6.60. The van der Waals surface area contributed by atoms with Crippen molar-refractivity contribution in [1.29, 1.82) is 0 Å². The summed E-state index contributed by atoms with van der Waals surface area (Å²) in [5.41, 5.74) is 1.81. The summed E-state index contributed by atoms with van der Waals surface area (Å²) in [7, 11) is 0. The van der Waals surface area contributed by atoms with Crippen LogP contribution < -0.4 is 0 Å². The van der Waals surface area contributed by atoms with Crippen molar-refractivity contribution >= 4 is 17.2 Å². The van der Waals surface area contributed by atoms with Gasteiger partial charge in [-0.05, 0) is 30.7 Å². The van der Waals surface area contributed by atoms with Crippen LogP contribution in [0, 0.1) is 5.82 Å². The monoisotopic (exact) mass is 290 g/mol. The maximum atomic E-state index is 12.9. The molecule has 0 radical (unpaired) electrons. The third-order valence-electron chi connectivity index (χ3n) is 3.64. The number of nitrogens with zero attached hydrogens (tertiary/aromatic N) is 2. The summed E-state index contributed by atoms with van der Waals surface area (Å²) in [4.78, 5) is 17.9. The molecule has 104 valence electrons. The third kappa shape index (κ3) is 2.58. The molecule has 0 N–H and O–H groups in total. The summed E-state index contributed by atoms with van der Waals surface area (Å²) < 4.78 is 12.9. The molecule has 1 unspecified atom stereocenters. The van der Waals surface area contributed by atoms with E-state index in [1.807, 2.05) is 10.3 Å². The van der Waals surface area contributed by atoms with Gasteiger partial charge in [0.25, 0.3) is 0 Å². The van der Waals surface area contributed by atoms with Crippen LogP contribution >= 0.6 is 11.3 Å². The number of carbonyl (C=O) groups is 1. The lowest BCUT2D eigenvalue weighted by Crippen LogP contribution is -2.25. The number of aromatic nitrogens is 1. The van der Waals surface area contributed by atoms with Crippen molar-refractivity contribution in [2.24, 2.45) is 0 Å². The number of thiazole rings is 1. The molecule has 20 heavy (non-hydrogen) atoms. The first-order chi connectivity index (χ1) is 9.63. The van der Waals surface area contributed by atoms with E-state index in [-0.39, 0.29) is 11.7 Å². The molecule has 0 saturated carbocycles. The zero-order valence-corrected chi connectivity index (χ0v) is 12.0. The average Bonchev–Trinajstić information content (AvgIpc) is 3.08. The Labute approximate surface area is 121 Å². The normalized spacial score (nSPS) is 18.5. The van der Waals surface area contributed by atoms with Crippen molar-refractivity contribution in [3.05, 3.63) is 40.5 Å². The van der Waals surface area contributed by atoms with Crippen molar-refractivity contribution in [1.82, 2.24) is 9.88 Å². The Morgan fingerprint density at radius 2 is 2.15 bits per heavy atom. The minimum Gasteiger partial charge on any atom is -0.342 e. The predicted octanol–water partition coefficient (Wildman–Crippen LogP) is 3.29. The molecular weight excluding hydrogens is 275 g/mol. The highest BCUT2D eigenvalue weighted by Crippen LogP contribution is 2.32. The number of benzene rings is 1. The molecule has 2 heterocycles. The molecular formula is C15H15FN2OS. The van der Waals surface area contributed by atoms with Crippen LogP contribution in [0.4, 0.5) is 4.39 Å². The predicted molar refractivity (Wildman–Crippen MR) is 77.1 cm³/mol. The van der Waals surface area contributed by atoms with Crippen molar-refractivity contribution in [2.75, 3.05) is 13.1 Å². The summed E-state index contributed by atoms with van der Waals surface area (Å²) >= 11 is 1.62. The summed E-state index contributed by atoms with van der Waals surface area (Å²) in [6.45, 7) is 3.17. The highest BCUT2D eigenvalue weighted by molar-refractivity contribution is 7.10. The van der Waals surface area contributed by atoms with E-state index in [4.69, 9.17) is 0 Å². The van der Waals surface area contributed by atoms with Gasteiger partial charge in [-0.3, -0.25) is 4.79 Å². The van der Waals surface area contributed by atoms with Gasteiger partial charge in [-0.15, -0.1) is 11.3 Å². The van der Waals surface area contributed by atoms with Crippen LogP contribution in [-0.2, 0) is 4.79 Å². The van der Waals surface area contributed by atoms with E-state index in [9.17, 15) is 9.18 Å². The molecule has 1 amide bonds. The van der Waals surface area contributed by atoms with Gasteiger partial charge >= 0.3 is 0 Å². The summed E-state index contributed by atoms with van der Waals surface area (Å²) in [5, 5.41) is 3.06. The SMILES string of the molecule is CC(=O)N1CCC(c2nc(-c3ccc(F)cc3)cs2)C1. The molecule has 5 heteroatoms. The number of hydrogen-bond donors (Lipinski definition) is 0. The zero-order chi connectivity index (χ0) is 14.1. The van der Waals surface area contributed by atoms with E-state index in [1.54, 1.807) is 30.4 Å². The Bertz CT molecular complexity index is 623. The summed E-state index contributed by atoms with van der Waals surface area (Å²) in [5.74, 6) is 0.220. The lowest BCUT2D eigenvalue weighted by atomic mass is 10.1. The van der Waals surface area contributed by atoms with Gasteiger partial charge in [0.15, 0.2) is 0 Å². The van der Waals surface area contributed by atoms with Crippen molar-refractivity contribution in [2.45, 2.75) is 19.3 Å². The number of halogens is 1. The number of hydrogen-bond acceptors (Lipinski definition) is 3. The van der Waals surface area contributed by atoms with Crippen LogP contribution in [0.15, 0.2) is 29.6 Å². The Morgan fingerprint density at radius 3 is 2.80 bits per heavy atom. The minimum atomic E-state index is -0.239. The lowest BCUT2D eigenvalue weighted by molar-refractivity contribution is -0.127. The van der Waals surface area contributed by atoms with E-state index in [1.165, 1.54) is 12.1 Å². The zero-order valence-electron chi connectivity index (χ0n) is 11.2. The maximum absolute atomic E-state index is 12.9. The van der Waals surface area contributed by atoms with Gasteiger partial charge in [0, 0.05) is 36.9 Å². The third-order valence-corrected chi connectivity index (χ3v) is 4.65. The standard InChI is InChI=1S/C15H15FN2OS/c1-10(19)18-7-6-12(8-18)15-17-14(9-20-15)11-2-4-13(16)5-3-11/h2-5,9,12H,6-8H2,1H3. The molecule has 1 saturated heterocycles. The highest BCUT2D eigenvalue weighted by Gasteiger charge is 2.27. The molecule has 0 spiro atoms. The maximum Gasteiger partial charge on any atom is 0.219 e. The second-order valence-corrected chi connectivity index (χ2v) is 5.92. The van der Waals surface area contributed by atoms with Gasteiger partial charge in [-0.1, -0.05) is 0 Å². The smallest absolute Gasteiger partial charge is 0.219 e. The molecule has 2 aromatic rings. The Hall–Kier alpha value is -1.75. The topological polar surface area (TPSA) is 33.2 Å². The van der Waals surface area contributed by atoms with E-state index >= 15 is 0 Å². The van der Waals surface area contributed by atoms with Crippen LogP contribution in [0.25, 0.3) is 11.3 Å². The van der Waals surface area contributed by atoms with Gasteiger partial charge in [0.2, 0.25) is 5.91 Å². The minimum absolute atomic E-state index is 0.128. The molecule has 1 fully saturated rings. The van der Waals surface area contributed by atoms with Gasteiger partial charge in [-0.2, -0.15) is 0 Å². The van der Waals surface area contributed by atoms with Crippen LogP contribution in [-0.4, -0.2) is 28.9 Å². The van der Waals surface area contributed by atoms with Crippen LogP contribution in [0.3, 0.4) is 0 Å². The number of carbonyl (C=O) groups excluding carboxylic acids is 1. The quantitative estimate of drug-likeness (QED) is 0.850. The number of amides is 1. The Kier molecular flexibility index (Phi) is 3.53. The second-order valence-electron chi connectivity index (χ2n) is 5.03. The average molecular weight is 290 g/mol. The molecule has 1 aliphatic heterocycles. The van der Waals surface area contributed by atoms with Gasteiger partial charge in [0.1, 0.15) is 5.82 Å². The number of likely N-dealkylation sites (tertiary alicyclic amines) is 1. The van der Waals surface area contributed by atoms with E-state index in [0.717, 1.165) is 35.8 Å². The second kappa shape index (κ2) is 5.32. The molecule has 1 aromatic heterocycles. The molecule has 1 atom stereocenters. The summed E-state index contributed by atoms with van der Waals surface area (Å²) in [6, 6.07) is 6.37. The van der Waals surface area contributed by atoms with Crippen molar-refractivity contribution < 1.29 is 9.18 Å². The first kappa shape index (κ1) is 13.2. The number of rotatable bonds is 2. The Balaban J connectivity index is 1.77. The molecule has 3 nitrogen and oxygen atoms in total. The summed E-state index contributed by atoms with van der Waals surface area (Å²) in [6.07, 6.45) is 0.968. The van der Waals surface area contributed by atoms with Crippen molar-refractivity contribution in [3.8, 4) is 11.3 Å². The fourth-order valence-corrected chi connectivity index (χ4v) is 3.43. The molecule has 0 bridgehead atoms. The van der Waals surface area contributed by atoms with E-state index in [0.29, 0.717) is 5.92 Å². The van der Waals surface area contributed by atoms with Gasteiger partial charge < -0.3 is 4.90 Å². The van der Waals surface area contributed by atoms with Crippen LogP contribution in [0.1, 0.15) is 24.3 Å². The Morgan fingerprint density at radius 1 is 1.40 bits per heavy atom. The van der Waals surface area contributed by atoms with Gasteiger partial charge in [0.05, 0.1) is 10.7 Å².